The third kappa shape index (κ3) is 25.1. The van der Waals surface area contributed by atoms with Gasteiger partial charge in [0, 0.05) is 84.1 Å². The Morgan fingerprint density at radius 3 is 2.12 bits per heavy atom. The first-order chi connectivity index (χ1) is 35.7. The van der Waals surface area contributed by atoms with Crippen LogP contribution in [0.5, 0.6) is 0 Å². The second-order valence-electron chi connectivity index (χ2n) is 21.9. The molecule has 1 aliphatic heterocycles. The molecule has 0 fully saturated rings. The van der Waals surface area contributed by atoms with E-state index in [9.17, 15) is 34.2 Å². The molecule has 17 nitrogen and oxygen atoms in total. The van der Waals surface area contributed by atoms with Crippen LogP contribution in [0.3, 0.4) is 0 Å². The monoisotopic (exact) mass is 1080 g/mol. The maximum absolute atomic E-state index is 13.6. The van der Waals surface area contributed by atoms with Gasteiger partial charge < -0.3 is 48.3 Å². The fourth-order valence-electron chi connectivity index (χ4n) is 9.39. The molecule has 1 rings (SSSR count). The van der Waals surface area contributed by atoms with Crippen LogP contribution in [0.4, 0.5) is 0 Å². The van der Waals surface area contributed by atoms with Gasteiger partial charge in [0.15, 0.2) is 0 Å². The molecule has 0 saturated heterocycles. The molecule has 0 bridgehead atoms. The summed E-state index contributed by atoms with van der Waals surface area (Å²) in [5.74, 6) is -4.21. The molecule has 0 aromatic rings. The maximum Gasteiger partial charge on any atom is 0.331 e. The first-order valence-corrected chi connectivity index (χ1v) is 27.3. The van der Waals surface area contributed by atoms with Crippen molar-refractivity contribution in [1.29, 1.82) is 0 Å². The number of aliphatic hydroxyl groups is 2. The van der Waals surface area contributed by atoms with E-state index in [1.165, 1.54) is 25.0 Å². The van der Waals surface area contributed by atoms with Crippen LogP contribution < -0.4 is 0 Å². The number of nitrogens with zero attached hydrogens (tertiary/aromatic N) is 3. The van der Waals surface area contributed by atoms with Crippen molar-refractivity contribution in [2.45, 2.75) is 182 Å². The molecule has 436 valence electrons. The van der Waals surface area contributed by atoms with Gasteiger partial charge >= 0.3 is 23.9 Å². The van der Waals surface area contributed by atoms with E-state index in [0.29, 0.717) is 32.1 Å². The van der Waals surface area contributed by atoms with E-state index in [4.69, 9.17) is 33.2 Å². The molecule has 0 radical (unpaired) electrons. The van der Waals surface area contributed by atoms with E-state index in [1.807, 2.05) is 53.7 Å². The van der Waals surface area contributed by atoms with E-state index in [1.54, 1.807) is 96.7 Å². The van der Waals surface area contributed by atoms with Gasteiger partial charge in [-0.2, -0.15) is 0 Å². The van der Waals surface area contributed by atoms with Crippen LogP contribution >= 0.6 is 0 Å². The summed E-state index contributed by atoms with van der Waals surface area (Å²) in [6.45, 7) is 18.8. The Morgan fingerprint density at radius 2 is 1.54 bits per heavy atom. The fraction of sp³-hybridized carbons (Fsp3) is 0.746. The Kier molecular flexibility index (Phi) is 33.8. The smallest absolute Gasteiger partial charge is 0.331 e. The van der Waals surface area contributed by atoms with E-state index < -0.39 is 90.3 Å². The molecular weight excluding hydrogens is 975 g/mol. The van der Waals surface area contributed by atoms with Crippen LogP contribution in [0.15, 0.2) is 60.4 Å². The predicted octanol–water partition coefficient (Wildman–Crippen LogP) is 7.74. The van der Waals surface area contributed by atoms with Gasteiger partial charge in [0.25, 0.3) is 0 Å². The van der Waals surface area contributed by atoms with Crippen molar-refractivity contribution in [3.8, 4) is 0 Å². The Bertz CT molecular complexity index is 1870. The first-order valence-electron chi connectivity index (χ1n) is 27.3. The molecule has 17 atom stereocenters. The minimum atomic E-state index is -0.973. The molecule has 0 aromatic heterocycles. The highest BCUT2D eigenvalue weighted by Crippen LogP contribution is 2.32. The third-order valence-electron chi connectivity index (χ3n) is 15.2. The molecular formula is C59H101N3O14. The number of allylic oxidation sites excluding steroid dienone is 3. The number of methoxy groups -OCH3 is 3. The lowest BCUT2D eigenvalue weighted by Gasteiger charge is -2.35. The number of aliphatic hydroxyl groups excluding tert-OH is 2. The summed E-state index contributed by atoms with van der Waals surface area (Å²) >= 11 is 0. The van der Waals surface area contributed by atoms with Crippen LogP contribution in [0, 0.1) is 41.4 Å². The fourth-order valence-corrected chi connectivity index (χ4v) is 9.39. The summed E-state index contributed by atoms with van der Waals surface area (Å²) in [7, 11) is 13.6. The number of likely N-dealkylation sites (N-methyl/N-ethyl adjacent to an activating group) is 2. The predicted molar refractivity (Wildman–Crippen MR) is 297 cm³/mol. The maximum atomic E-state index is 13.6. The van der Waals surface area contributed by atoms with Crippen molar-refractivity contribution in [2.75, 3.05) is 63.2 Å². The van der Waals surface area contributed by atoms with Crippen molar-refractivity contribution < 1.29 is 67.3 Å². The normalized spacial score (nSPS) is 28.6. The first kappa shape index (κ1) is 69.8. The van der Waals surface area contributed by atoms with Gasteiger partial charge in [-0.15, -0.1) is 0 Å². The van der Waals surface area contributed by atoms with Gasteiger partial charge in [-0.25, -0.2) is 4.79 Å². The summed E-state index contributed by atoms with van der Waals surface area (Å²) in [4.78, 5) is 69.3. The minimum absolute atomic E-state index is 0.129. The highest BCUT2D eigenvalue weighted by Gasteiger charge is 2.38. The molecule has 0 aromatic carbocycles. The minimum Gasteiger partial charge on any atom is -0.462 e. The molecule has 0 saturated carbocycles. The zero-order valence-corrected chi connectivity index (χ0v) is 49.6. The lowest BCUT2D eigenvalue weighted by molar-refractivity contribution is -0.166. The van der Waals surface area contributed by atoms with Gasteiger partial charge in [0.05, 0.1) is 31.0 Å². The highest BCUT2D eigenvalue weighted by molar-refractivity contribution is 5.82. The van der Waals surface area contributed by atoms with Crippen molar-refractivity contribution in [3.63, 3.8) is 0 Å². The zero-order valence-electron chi connectivity index (χ0n) is 49.6. The molecule has 0 spiro atoms. The number of cyclic esters (lactones) is 1. The second kappa shape index (κ2) is 36.8. The second-order valence-corrected chi connectivity index (χ2v) is 21.9. The van der Waals surface area contributed by atoms with Gasteiger partial charge in [0.1, 0.15) is 36.5 Å². The van der Waals surface area contributed by atoms with Crippen LogP contribution in [0.25, 0.3) is 0 Å². The van der Waals surface area contributed by atoms with Gasteiger partial charge in [0.2, 0.25) is 6.41 Å². The Labute approximate surface area is 457 Å². The average molecular weight is 1080 g/mol. The molecule has 1 amide bonds. The third-order valence-corrected chi connectivity index (χ3v) is 15.2. The number of carbonyl (C=O) groups is 5. The number of amides is 1. The molecule has 1 heterocycles. The molecule has 17 heteroatoms. The molecule has 76 heavy (non-hydrogen) atoms. The lowest BCUT2D eigenvalue weighted by atomic mass is 9.82. The summed E-state index contributed by atoms with van der Waals surface area (Å²) in [5.41, 5.74) is 1.10. The summed E-state index contributed by atoms with van der Waals surface area (Å²) in [6, 6.07) is -1.23. The summed E-state index contributed by atoms with van der Waals surface area (Å²) in [5, 5.41) is 23.8. The van der Waals surface area contributed by atoms with Gasteiger partial charge in [-0.05, 0) is 104 Å². The number of carbonyl (C=O) groups excluding carboxylic acids is 5. The Morgan fingerprint density at radius 1 is 0.868 bits per heavy atom. The standard InChI is InChI=1S/C59H101N3O14/c1-38-27-28-39(2)50(72-18)31-29-40(3)56(67)44(7)52(76-59(69)49(36-70-16)61(13)14)24-20-19-21-26-54(65)74-51(25-22-23-48(35-38)71-17)43(6)55(66)41(4)30-32-53(75-58(68)46(9)60(11)12)45(8)57(73-47(10)64)42(5)33-34-62(15)37-63/h19-23,26,28,33-34,37-38,40-46,48-53,55-57,66-67H,24-25,27,29-32,35-36H2,1-18H3/b20-19+,23-22+,26-21+,34-33+,39-28+/t38-,40-,41-,42+,43+,44-,45+,46+,48+,49+,50-,51-,52-,53+,55-,56+,57-/m1/s1. The zero-order chi connectivity index (χ0) is 57.8. The Balaban J connectivity index is 3.70. The van der Waals surface area contributed by atoms with Crippen LogP contribution in [-0.2, 0) is 57.1 Å². The van der Waals surface area contributed by atoms with E-state index in [0.717, 1.165) is 18.4 Å². The van der Waals surface area contributed by atoms with Crippen molar-refractivity contribution >= 4 is 30.3 Å². The average Bonchev–Trinajstić information content (AvgIpc) is 3.38. The summed E-state index contributed by atoms with van der Waals surface area (Å²) < 4.78 is 41.5. The van der Waals surface area contributed by atoms with E-state index >= 15 is 0 Å². The van der Waals surface area contributed by atoms with Crippen LogP contribution in [0.1, 0.15) is 121 Å². The van der Waals surface area contributed by atoms with Crippen LogP contribution in [-0.4, -0.2) is 179 Å². The number of hydrogen-bond donors (Lipinski definition) is 2. The van der Waals surface area contributed by atoms with Crippen molar-refractivity contribution in [2.24, 2.45) is 41.4 Å². The van der Waals surface area contributed by atoms with Gasteiger partial charge in [-0.3, -0.25) is 29.0 Å². The van der Waals surface area contributed by atoms with Crippen LogP contribution in [0.2, 0.25) is 0 Å². The molecule has 1 aliphatic rings. The largest absolute Gasteiger partial charge is 0.462 e. The topological polar surface area (TPSA) is 200 Å². The molecule has 0 unspecified atom stereocenters. The number of ether oxygens (including phenoxy) is 7. The SMILES string of the molecule is COC[C@@H](C(=O)O[C@@H]1C/C=C/C=C/C(=O)O[C@@H]([C@H](C)[C@H](O)[C@H](C)CC[C@H](OC(=O)[C@H](C)N(C)C)[C@H](C)[C@H](OC(C)=O)[C@@H](C)/C=C/N(C)C=O)C/C=C/[C@H](OC)C[C@H](C)C/C=C(\C)[C@H](OC)CC[C@@H](C)[C@H](O)[C@@H]1C)N(C)C. The number of rotatable bonds is 23. The Hall–Kier alpha value is -4.23. The molecule has 2 N–H and O–H groups in total. The van der Waals surface area contributed by atoms with E-state index in [-0.39, 0.29) is 55.3 Å². The number of hydrogen-bond acceptors (Lipinski definition) is 16. The van der Waals surface area contributed by atoms with Crippen molar-refractivity contribution in [1.82, 2.24) is 14.7 Å². The molecule has 0 aliphatic carbocycles. The van der Waals surface area contributed by atoms with Crippen molar-refractivity contribution in [3.05, 3.63) is 60.4 Å². The lowest BCUT2D eigenvalue weighted by Crippen LogP contribution is -2.44. The summed E-state index contributed by atoms with van der Waals surface area (Å²) in [6.07, 6.45) is 15.5. The number of esters is 4. The quantitative estimate of drug-likeness (QED) is 0.0435. The van der Waals surface area contributed by atoms with E-state index in [2.05, 4.69) is 19.9 Å². The van der Waals surface area contributed by atoms with Gasteiger partial charge in [-0.1, -0.05) is 91.0 Å². The highest BCUT2D eigenvalue weighted by atomic mass is 16.6.